The summed E-state index contributed by atoms with van der Waals surface area (Å²) in [6.07, 6.45) is 0. The Morgan fingerprint density at radius 1 is 1.47 bits per heavy atom. The number of nitrogens with zero attached hydrogens (tertiary/aromatic N) is 2. The average Bonchev–Trinajstić information content (AvgIpc) is 2.28. The van der Waals surface area contributed by atoms with E-state index in [1.807, 2.05) is 6.92 Å². The maximum atomic E-state index is 9.14. The summed E-state index contributed by atoms with van der Waals surface area (Å²) >= 11 is 0. The molecule has 1 atom stereocenters. The Kier molecular flexibility index (Phi) is 5.65. The molecule has 0 aromatic carbocycles. The van der Waals surface area contributed by atoms with Crippen molar-refractivity contribution in [1.29, 1.82) is 0 Å². The van der Waals surface area contributed by atoms with Gasteiger partial charge in [0, 0.05) is 13.2 Å². The molecule has 0 bridgehead atoms. The van der Waals surface area contributed by atoms with Crippen LogP contribution >= 0.6 is 0 Å². The van der Waals surface area contributed by atoms with Crippen LogP contribution in [0.5, 0.6) is 5.88 Å². The number of aliphatic hydroxyl groups excluding tert-OH is 1. The van der Waals surface area contributed by atoms with Gasteiger partial charge in [0.1, 0.15) is 11.6 Å². The monoisotopic (exact) mass is 241 g/mol. The second-order valence-corrected chi connectivity index (χ2v) is 3.55. The Morgan fingerprint density at radius 2 is 2.24 bits per heavy atom. The molecule has 0 fully saturated rings. The minimum Gasteiger partial charge on any atom is -0.478 e. The fourth-order valence-electron chi connectivity index (χ4n) is 1.39. The third-order valence-corrected chi connectivity index (χ3v) is 2.05. The van der Waals surface area contributed by atoms with E-state index in [2.05, 4.69) is 15.3 Å². The highest BCUT2D eigenvalue weighted by atomic mass is 16.5. The highest BCUT2D eigenvalue weighted by Gasteiger charge is 2.09. The van der Waals surface area contributed by atoms with Crippen LogP contribution in [0.2, 0.25) is 0 Å². The van der Waals surface area contributed by atoms with Gasteiger partial charge in [-0.15, -0.1) is 0 Å². The maximum absolute atomic E-state index is 9.14. The molecule has 6 nitrogen and oxygen atoms in total. The Bertz CT molecular complexity index is 347. The van der Waals surface area contributed by atoms with E-state index < -0.39 is 0 Å². The minimum atomic E-state index is -0.191. The van der Waals surface area contributed by atoms with Gasteiger partial charge in [0.05, 0.1) is 25.9 Å². The Morgan fingerprint density at radius 3 is 2.82 bits per heavy atom. The van der Waals surface area contributed by atoms with Gasteiger partial charge in [-0.1, -0.05) is 0 Å². The van der Waals surface area contributed by atoms with Crippen LogP contribution in [0.1, 0.15) is 12.7 Å². The lowest BCUT2D eigenvalue weighted by molar-refractivity contribution is 0.153. The van der Waals surface area contributed by atoms with Gasteiger partial charge >= 0.3 is 0 Å². The number of aryl methyl sites for hydroxylation is 1. The standard InChI is InChI=1S/C11H19N3O3/c1-4-17-11-5-10(12-8(2)13-11)14-9(6-15)7-16-3/h5,9,15H,4,6-7H2,1-3H3,(H,12,13,14). The van der Waals surface area contributed by atoms with Crippen LogP contribution < -0.4 is 10.1 Å². The molecule has 0 radical (unpaired) electrons. The largest absolute Gasteiger partial charge is 0.478 e. The molecule has 0 amide bonds. The van der Waals surface area contributed by atoms with Crippen LogP contribution in [0, 0.1) is 6.92 Å². The van der Waals surface area contributed by atoms with E-state index >= 15 is 0 Å². The van der Waals surface area contributed by atoms with Crippen LogP contribution in [0.25, 0.3) is 0 Å². The van der Waals surface area contributed by atoms with Crippen LogP contribution in [0.15, 0.2) is 6.07 Å². The summed E-state index contributed by atoms with van der Waals surface area (Å²) < 4.78 is 10.3. The van der Waals surface area contributed by atoms with Crippen molar-refractivity contribution in [1.82, 2.24) is 9.97 Å². The predicted octanol–water partition coefficient (Wildman–Crippen LogP) is 0.603. The summed E-state index contributed by atoms with van der Waals surface area (Å²) in [6, 6.07) is 1.51. The van der Waals surface area contributed by atoms with Gasteiger partial charge in [0.15, 0.2) is 0 Å². The molecule has 0 saturated heterocycles. The molecule has 0 aliphatic heterocycles. The van der Waals surface area contributed by atoms with Crippen molar-refractivity contribution >= 4 is 5.82 Å². The zero-order chi connectivity index (χ0) is 12.7. The third-order valence-electron chi connectivity index (χ3n) is 2.05. The number of aliphatic hydroxyl groups is 1. The molecule has 0 spiro atoms. The molecule has 0 saturated carbocycles. The summed E-state index contributed by atoms with van der Waals surface area (Å²) in [7, 11) is 1.58. The summed E-state index contributed by atoms with van der Waals surface area (Å²) in [5.41, 5.74) is 0. The van der Waals surface area contributed by atoms with Gasteiger partial charge in [0.25, 0.3) is 0 Å². The van der Waals surface area contributed by atoms with Gasteiger partial charge in [-0.2, -0.15) is 4.98 Å². The van der Waals surface area contributed by atoms with Crippen molar-refractivity contribution in [3.05, 3.63) is 11.9 Å². The number of nitrogens with one attached hydrogen (secondary N) is 1. The summed E-state index contributed by atoms with van der Waals surface area (Å²) in [5.74, 6) is 1.77. The lowest BCUT2D eigenvalue weighted by atomic mass is 10.3. The van der Waals surface area contributed by atoms with Gasteiger partial charge < -0.3 is 19.9 Å². The normalized spacial score (nSPS) is 12.2. The fraction of sp³-hybridized carbons (Fsp3) is 0.636. The van der Waals surface area contributed by atoms with E-state index in [1.54, 1.807) is 20.1 Å². The first-order valence-electron chi connectivity index (χ1n) is 5.54. The smallest absolute Gasteiger partial charge is 0.218 e. The lowest BCUT2D eigenvalue weighted by Crippen LogP contribution is -2.29. The number of methoxy groups -OCH3 is 1. The molecule has 0 aliphatic carbocycles. The molecular weight excluding hydrogens is 222 g/mol. The van der Waals surface area contributed by atoms with Crippen molar-refractivity contribution in [2.75, 3.05) is 32.2 Å². The van der Waals surface area contributed by atoms with Crippen LogP contribution in [-0.4, -0.2) is 48.0 Å². The number of aromatic nitrogens is 2. The molecule has 0 aliphatic rings. The zero-order valence-electron chi connectivity index (χ0n) is 10.4. The van der Waals surface area contributed by atoms with Gasteiger partial charge in [-0.25, -0.2) is 4.98 Å². The summed E-state index contributed by atoms with van der Waals surface area (Å²) in [4.78, 5) is 8.35. The van der Waals surface area contributed by atoms with E-state index in [0.717, 1.165) is 0 Å². The van der Waals surface area contributed by atoms with E-state index in [0.29, 0.717) is 30.7 Å². The molecule has 1 aromatic heterocycles. The van der Waals surface area contributed by atoms with Crippen molar-refractivity contribution in [2.24, 2.45) is 0 Å². The van der Waals surface area contributed by atoms with Gasteiger partial charge in [-0.3, -0.25) is 0 Å². The summed E-state index contributed by atoms with van der Waals surface area (Å²) in [5, 5.41) is 12.2. The topological polar surface area (TPSA) is 76.5 Å². The van der Waals surface area contributed by atoms with E-state index in [-0.39, 0.29) is 12.6 Å². The van der Waals surface area contributed by atoms with Crippen LogP contribution in [-0.2, 0) is 4.74 Å². The average molecular weight is 241 g/mol. The van der Waals surface area contributed by atoms with Crippen molar-refractivity contribution < 1.29 is 14.6 Å². The van der Waals surface area contributed by atoms with E-state index in [9.17, 15) is 0 Å². The second-order valence-electron chi connectivity index (χ2n) is 3.55. The zero-order valence-corrected chi connectivity index (χ0v) is 10.4. The lowest BCUT2D eigenvalue weighted by Gasteiger charge is -2.16. The predicted molar refractivity (Wildman–Crippen MR) is 64.3 cm³/mol. The molecular formula is C11H19N3O3. The first-order valence-corrected chi connectivity index (χ1v) is 5.54. The van der Waals surface area contributed by atoms with Crippen molar-refractivity contribution in [2.45, 2.75) is 19.9 Å². The fourth-order valence-corrected chi connectivity index (χ4v) is 1.39. The number of hydrogen-bond donors (Lipinski definition) is 2. The van der Waals surface area contributed by atoms with Crippen molar-refractivity contribution in [3.8, 4) is 5.88 Å². The molecule has 96 valence electrons. The van der Waals surface area contributed by atoms with Crippen LogP contribution in [0.4, 0.5) is 5.82 Å². The number of ether oxygens (including phenoxy) is 2. The molecule has 1 aromatic rings. The van der Waals surface area contributed by atoms with E-state index in [1.165, 1.54) is 0 Å². The van der Waals surface area contributed by atoms with E-state index in [4.69, 9.17) is 14.6 Å². The number of anilines is 1. The Balaban J connectivity index is 2.75. The second kappa shape index (κ2) is 7.03. The molecule has 1 heterocycles. The quantitative estimate of drug-likeness (QED) is 0.728. The molecule has 6 heteroatoms. The molecule has 17 heavy (non-hydrogen) atoms. The Hall–Kier alpha value is -1.40. The highest BCUT2D eigenvalue weighted by molar-refractivity contribution is 5.39. The molecule has 1 unspecified atom stereocenters. The molecule has 2 N–H and O–H groups in total. The van der Waals surface area contributed by atoms with Crippen molar-refractivity contribution in [3.63, 3.8) is 0 Å². The van der Waals surface area contributed by atoms with Gasteiger partial charge in [-0.05, 0) is 13.8 Å². The minimum absolute atomic E-state index is 0.0269. The maximum Gasteiger partial charge on any atom is 0.218 e. The third kappa shape index (κ3) is 4.54. The first kappa shape index (κ1) is 13.7. The highest BCUT2D eigenvalue weighted by Crippen LogP contribution is 2.14. The van der Waals surface area contributed by atoms with Gasteiger partial charge in [0.2, 0.25) is 5.88 Å². The Labute approximate surface area is 101 Å². The number of rotatable bonds is 7. The summed E-state index contributed by atoms with van der Waals surface area (Å²) in [6.45, 7) is 4.62. The SMILES string of the molecule is CCOc1cc(NC(CO)COC)nc(C)n1. The van der Waals surface area contributed by atoms with Crippen LogP contribution in [0.3, 0.4) is 0 Å². The molecule has 1 rings (SSSR count). The first-order chi connectivity index (χ1) is 8.19. The number of hydrogen-bond acceptors (Lipinski definition) is 6.